The van der Waals surface area contributed by atoms with Crippen molar-refractivity contribution in [1.82, 2.24) is 9.88 Å². The third-order valence-corrected chi connectivity index (χ3v) is 5.76. The van der Waals surface area contributed by atoms with E-state index in [-0.39, 0.29) is 5.91 Å². The van der Waals surface area contributed by atoms with Crippen molar-refractivity contribution in [3.63, 3.8) is 0 Å². The Balaban J connectivity index is 1.47. The summed E-state index contributed by atoms with van der Waals surface area (Å²) < 4.78 is 0. The first-order valence-corrected chi connectivity index (χ1v) is 10.1. The summed E-state index contributed by atoms with van der Waals surface area (Å²) >= 11 is 0. The molecule has 0 N–H and O–H groups in total. The lowest BCUT2D eigenvalue weighted by Crippen LogP contribution is -2.49. The number of nitrogens with zero attached hydrogens (tertiary/aromatic N) is 4. The molecule has 4 rings (SSSR count). The smallest absolute Gasteiger partial charge is 0.253 e. The number of para-hydroxylation sites is 1. The molecule has 0 bridgehead atoms. The number of hydrogen-bond donors (Lipinski definition) is 0. The van der Waals surface area contributed by atoms with Crippen LogP contribution in [0.15, 0.2) is 48.5 Å². The number of benzene rings is 2. The van der Waals surface area contributed by atoms with Crippen molar-refractivity contribution in [2.24, 2.45) is 0 Å². The Labute approximate surface area is 172 Å². The molecular weight excluding hydrogens is 360 g/mol. The fourth-order valence-electron chi connectivity index (χ4n) is 3.93. The van der Waals surface area contributed by atoms with E-state index < -0.39 is 0 Å². The molecule has 0 aliphatic carbocycles. The molecule has 5 nitrogen and oxygen atoms in total. The summed E-state index contributed by atoms with van der Waals surface area (Å²) in [4.78, 5) is 24.1. The zero-order valence-electron chi connectivity index (χ0n) is 17.6. The minimum absolute atomic E-state index is 0.105. The topological polar surface area (TPSA) is 39.7 Å². The van der Waals surface area contributed by atoms with Crippen molar-refractivity contribution in [2.75, 3.05) is 50.1 Å². The van der Waals surface area contributed by atoms with Crippen LogP contribution in [0.1, 0.15) is 21.5 Å². The Bertz CT molecular complexity index is 1030. The van der Waals surface area contributed by atoms with Gasteiger partial charge in [0.25, 0.3) is 5.91 Å². The van der Waals surface area contributed by atoms with E-state index in [1.54, 1.807) is 0 Å². The molecule has 150 valence electrons. The third kappa shape index (κ3) is 3.77. The van der Waals surface area contributed by atoms with E-state index in [9.17, 15) is 4.79 Å². The molecule has 2 aromatic carbocycles. The van der Waals surface area contributed by atoms with Gasteiger partial charge in [0, 0.05) is 56.9 Å². The van der Waals surface area contributed by atoms with Crippen molar-refractivity contribution >= 4 is 28.3 Å². The van der Waals surface area contributed by atoms with Crippen LogP contribution in [0.4, 0.5) is 11.5 Å². The molecular formula is C24H28N4O. The molecule has 1 aliphatic heterocycles. The Morgan fingerprint density at radius 3 is 2.28 bits per heavy atom. The van der Waals surface area contributed by atoms with Gasteiger partial charge in [-0.2, -0.15) is 0 Å². The molecule has 0 unspecified atom stereocenters. The number of aryl methyl sites for hydroxylation is 2. The quantitative estimate of drug-likeness (QED) is 0.683. The van der Waals surface area contributed by atoms with Crippen LogP contribution in [-0.4, -0.2) is 56.1 Å². The molecule has 1 amide bonds. The maximum absolute atomic E-state index is 12.9. The first-order chi connectivity index (χ1) is 13.9. The van der Waals surface area contributed by atoms with Crippen molar-refractivity contribution in [3.8, 4) is 0 Å². The number of pyridine rings is 1. The average molecular weight is 389 g/mol. The van der Waals surface area contributed by atoms with Gasteiger partial charge in [-0.1, -0.05) is 18.2 Å². The summed E-state index contributed by atoms with van der Waals surface area (Å²) in [6.07, 6.45) is 0. The lowest BCUT2D eigenvalue weighted by molar-refractivity contribution is 0.0746. The Hall–Kier alpha value is -3.08. The first-order valence-electron chi connectivity index (χ1n) is 10.1. The molecule has 2 heterocycles. The monoisotopic (exact) mass is 388 g/mol. The van der Waals surface area contributed by atoms with Crippen LogP contribution in [0.3, 0.4) is 0 Å². The van der Waals surface area contributed by atoms with Crippen LogP contribution in [-0.2, 0) is 0 Å². The number of amides is 1. The molecule has 1 aromatic heterocycles. The minimum Gasteiger partial charge on any atom is -0.378 e. The van der Waals surface area contributed by atoms with Gasteiger partial charge in [0.1, 0.15) is 5.82 Å². The highest BCUT2D eigenvalue weighted by atomic mass is 16.2. The normalized spacial score (nSPS) is 14.3. The molecule has 0 spiro atoms. The number of carbonyl (C=O) groups excluding carboxylic acids is 1. The SMILES string of the molecule is Cc1cc(N2CCN(C(=O)c3ccc(N(C)C)cc3)CC2)nc2c(C)cccc12. The molecule has 0 radical (unpaired) electrons. The van der Waals surface area contributed by atoms with E-state index in [1.165, 1.54) is 16.5 Å². The fourth-order valence-corrected chi connectivity index (χ4v) is 3.93. The Morgan fingerprint density at radius 1 is 0.931 bits per heavy atom. The molecule has 0 saturated carbocycles. The van der Waals surface area contributed by atoms with Gasteiger partial charge in [-0.25, -0.2) is 4.98 Å². The number of aromatic nitrogens is 1. The zero-order valence-corrected chi connectivity index (χ0v) is 17.6. The second kappa shape index (κ2) is 7.74. The second-order valence-electron chi connectivity index (χ2n) is 7.99. The number of fused-ring (bicyclic) bond motifs is 1. The lowest BCUT2D eigenvalue weighted by Gasteiger charge is -2.35. The van der Waals surface area contributed by atoms with Crippen LogP contribution in [0.25, 0.3) is 10.9 Å². The maximum atomic E-state index is 12.9. The molecule has 0 atom stereocenters. The van der Waals surface area contributed by atoms with E-state index in [2.05, 4.69) is 43.0 Å². The van der Waals surface area contributed by atoms with E-state index in [0.29, 0.717) is 13.1 Å². The van der Waals surface area contributed by atoms with Gasteiger partial charge in [-0.05, 0) is 55.3 Å². The van der Waals surface area contributed by atoms with Crippen molar-refractivity contribution in [2.45, 2.75) is 13.8 Å². The summed E-state index contributed by atoms with van der Waals surface area (Å²) in [5, 5.41) is 1.21. The summed E-state index contributed by atoms with van der Waals surface area (Å²) in [5.74, 6) is 1.11. The average Bonchev–Trinajstić information content (AvgIpc) is 2.74. The van der Waals surface area contributed by atoms with Gasteiger partial charge >= 0.3 is 0 Å². The van der Waals surface area contributed by atoms with Gasteiger partial charge in [-0.15, -0.1) is 0 Å². The molecule has 1 aliphatic rings. The molecule has 3 aromatic rings. The van der Waals surface area contributed by atoms with Crippen LogP contribution in [0, 0.1) is 13.8 Å². The largest absolute Gasteiger partial charge is 0.378 e. The van der Waals surface area contributed by atoms with E-state index >= 15 is 0 Å². The van der Waals surface area contributed by atoms with Gasteiger partial charge < -0.3 is 14.7 Å². The molecule has 29 heavy (non-hydrogen) atoms. The van der Waals surface area contributed by atoms with Gasteiger partial charge in [0.05, 0.1) is 5.52 Å². The number of rotatable bonds is 3. The van der Waals surface area contributed by atoms with E-state index in [0.717, 1.165) is 35.7 Å². The maximum Gasteiger partial charge on any atom is 0.253 e. The summed E-state index contributed by atoms with van der Waals surface area (Å²) in [6.45, 7) is 7.26. The minimum atomic E-state index is 0.105. The van der Waals surface area contributed by atoms with E-state index in [1.807, 2.05) is 48.2 Å². The summed E-state index contributed by atoms with van der Waals surface area (Å²) in [7, 11) is 4.00. The molecule has 1 saturated heterocycles. The lowest BCUT2D eigenvalue weighted by atomic mass is 10.1. The third-order valence-electron chi connectivity index (χ3n) is 5.76. The summed E-state index contributed by atoms with van der Waals surface area (Å²) in [5.41, 5.74) is 5.36. The van der Waals surface area contributed by atoms with Crippen LogP contribution >= 0.6 is 0 Å². The predicted molar refractivity (Wildman–Crippen MR) is 120 cm³/mol. The predicted octanol–water partition coefficient (Wildman–Crippen LogP) is 3.88. The van der Waals surface area contributed by atoms with Crippen molar-refractivity contribution in [1.29, 1.82) is 0 Å². The first kappa shape index (κ1) is 19.2. The summed E-state index contributed by atoms with van der Waals surface area (Å²) in [6, 6.07) is 16.3. The Morgan fingerprint density at radius 2 is 1.62 bits per heavy atom. The van der Waals surface area contributed by atoms with Crippen LogP contribution < -0.4 is 9.80 Å². The van der Waals surface area contributed by atoms with Crippen molar-refractivity contribution in [3.05, 3.63) is 65.2 Å². The highest BCUT2D eigenvalue weighted by molar-refractivity contribution is 5.94. The standard InChI is InChI=1S/C24H28N4O/c1-17-6-5-7-21-18(2)16-22(25-23(17)21)27-12-14-28(15-13-27)24(29)19-8-10-20(11-9-19)26(3)4/h5-11,16H,12-15H2,1-4H3. The van der Waals surface area contributed by atoms with Gasteiger partial charge in [0.2, 0.25) is 0 Å². The zero-order chi connectivity index (χ0) is 20.5. The number of carbonyl (C=O) groups is 1. The number of anilines is 2. The molecule has 5 heteroatoms. The highest BCUT2D eigenvalue weighted by Crippen LogP contribution is 2.25. The van der Waals surface area contributed by atoms with Crippen molar-refractivity contribution < 1.29 is 4.79 Å². The van der Waals surface area contributed by atoms with Gasteiger partial charge in [0.15, 0.2) is 0 Å². The van der Waals surface area contributed by atoms with Crippen LogP contribution in [0.2, 0.25) is 0 Å². The number of hydrogen-bond acceptors (Lipinski definition) is 4. The fraction of sp³-hybridized carbons (Fsp3) is 0.333. The van der Waals surface area contributed by atoms with E-state index in [4.69, 9.17) is 4.98 Å². The highest BCUT2D eigenvalue weighted by Gasteiger charge is 2.23. The number of piperazine rings is 1. The Kier molecular flexibility index (Phi) is 5.14. The molecule has 1 fully saturated rings. The van der Waals surface area contributed by atoms with Gasteiger partial charge in [-0.3, -0.25) is 4.79 Å². The van der Waals surface area contributed by atoms with Crippen LogP contribution in [0.5, 0.6) is 0 Å². The second-order valence-corrected chi connectivity index (χ2v) is 7.99.